The highest BCUT2D eigenvalue weighted by Crippen LogP contribution is 2.33. The van der Waals surface area contributed by atoms with Gasteiger partial charge in [-0.3, -0.25) is 14.2 Å². The topological polar surface area (TPSA) is 74.7 Å². The van der Waals surface area contributed by atoms with Crippen molar-refractivity contribution in [1.29, 1.82) is 0 Å². The van der Waals surface area contributed by atoms with Crippen molar-refractivity contribution in [1.82, 2.24) is 4.90 Å². The highest BCUT2D eigenvalue weighted by molar-refractivity contribution is 9.10. The van der Waals surface area contributed by atoms with E-state index < -0.39 is 15.9 Å². The predicted octanol–water partition coefficient (Wildman–Crippen LogP) is 2.54. The van der Waals surface area contributed by atoms with Gasteiger partial charge in [0, 0.05) is 11.0 Å². The van der Waals surface area contributed by atoms with Gasteiger partial charge in [-0.15, -0.1) is 0 Å². The fourth-order valence-electron chi connectivity index (χ4n) is 1.63. The SMILES string of the molecule is O=C1/C(=C/c2ccccc2Br)SC(=S)N1CCS(=O)(=O)O. The van der Waals surface area contributed by atoms with Gasteiger partial charge >= 0.3 is 0 Å². The van der Waals surface area contributed by atoms with Gasteiger partial charge in [-0.25, -0.2) is 0 Å². The number of thioether (sulfide) groups is 1. The molecule has 0 spiro atoms. The number of halogens is 1. The maximum atomic E-state index is 12.2. The van der Waals surface area contributed by atoms with Gasteiger partial charge in [-0.05, 0) is 17.7 Å². The Morgan fingerprint density at radius 3 is 2.67 bits per heavy atom. The molecule has 112 valence electrons. The molecule has 2 rings (SSSR count). The van der Waals surface area contributed by atoms with E-state index in [9.17, 15) is 13.2 Å². The van der Waals surface area contributed by atoms with Crippen LogP contribution >= 0.6 is 39.9 Å². The molecule has 0 atom stereocenters. The fourth-order valence-corrected chi connectivity index (χ4v) is 3.74. The Morgan fingerprint density at radius 1 is 1.38 bits per heavy atom. The van der Waals surface area contributed by atoms with Gasteiger partial charge in [0.05, 0.1) is 10.7 Å². The van der Waals surface area contributed by atoms with Crippen molar-refractivity contribution in [2.45, 2.75) is 0 Å². The van der Waals surface area contributed by atoms with Gasteiger partial charge in [0.15, 0.2) is 0 Å². The number of carbonyl (C=O) groups is 1. The minimum atomic E-state index is -4.13. The van der Waals surface area contributed by atoms with Crippen LogP contribution in [0.2, 0.25) is 0 Å². The molecule has 0 bridgehead atoms. The average Bonchev–Trinajstić information content (AvgIpc) is 2.64. The third kappa shape index (κ3) is 4.36. The second-order valence-electron chi connectivity index (χ2n) is 4.14. The van der Waals surface area contributed by atoms with Crippen molar-refractivity contribution in [3.63, 3.8) is 0 Å². The van der Waals surface area contributed by atoms with Crippen LogP contribution < -0.4 is 0 Å². The number of thiocarbonyl (C=S) groups is 1. The Labute approximate surface area is 140 Å². The Hall–Kier alpha value is -0.740. The molecule has 1 aromatic rings. The summed E-state index contributed by atoms with van der Waals surface area (Å²) in [7, 11) is -4.13. The highest BCUT2D eigenvalue weighted by atomic mass is 79.9. The zero-order chi connectivity index (χ0) is 15.6. The summed E-state index contributed by atoms with van der Waals surface area (Å²) in [6.45, 7) is -0.156. The van der Waals surface area contributed by atoms with Crippen molar-refractivity contribution in [3.8, 4) is 0 Å². The van der Waals surface area contributed by atoms with Crippen LogP contribution in [0.4, 0.5) is 0 Å². The second kappa shape index (κ2) is 6.57. The fraction of sp³-hybridized carbons (Fsp3) is 0.167. The van der Waals surface area contributed by atoms with Crippen LogP contribution in [0.3, 0.4) is 0 Å². The standard InChI is InChI=1S/C12H10BrNO4S3/c13-9-4-2-1-3-8(9)7-10-11(15)14(12(19)20-10)5-6-21(16,17)18/h1-4,7H,5-6H2,(H,16,17,18)/b10-7-. The van der Waals surface area contributed by atoms with Crippen LogP contribution in [0.15, 0.2) is 33.6 Å². The van der Waals surface area contributed by atoms with E-state index in [4.69, 9.17) is 16.8 Å². The number of hydrogen-bond donors (Lipinski definition) is 1. The van der Waals surface area contributed by atoms with Gasteiger partial charge in [0.2, 0.25) is 0 Å². The summed E-state index contributed by atoms with van der Waals surface area (Å²) >= 11 is 9.57. The molecule has 1 saturated heterocycles. The lowest BCUT2D eigenvalue weighted by Crippen LogP contribution is -2.32. The summed E-state index contributed by atoms with van der Waals surface area (Å²) in [5, 5.41) is 0. The number of rotatable bonds is 4. The lowest BCUT2D eigenvalue weighted by atomic mass is 10.2. The van der Waals surface area contributed by atoms with E-state index in [0.717, 1.165) is 21.8 Å². The Morgan fingerprint density at radius 2 is 2.05 bits per heavy atom. The molecule has 1 heterocycles. The van der Waals surface area contributed by atoms with E-state index in [1.165, 1.54) is 4.90 Å². The Balaban J connectivity index is 2.20. The van der Waals surface area contributed by atoms with E-state index in [1.807, 2.05) is 24.3 Å². The van der Waals surface area contributed by atoms with Gasteiger partial charge in [-0.2, -0.15) is 8.42 Å². The molecule has 1 fully saturated rings. The largest absolute Gasteiger partial charge is 0.292 e. The lowest BCUT2D eigenvalue weighted by molar-refractivity contribution is -0.121. The van der Waals surface area contributed by atoms with Crippen LogP contribution in [0.25, 0.3) is 6.08 Å². The summed E-state index contributed by atoms with van der Waals surface area (Å²) in [5.41, 5.74) is 0.827. The van der Waals surface area contributed by atoms with E-state index in [1.54, 1.807) is 6.08 Å². The molecule has 0 aliphatic carbocycles. The van der Waals surface area contributed by atoms with Gasteiger partial charge in [0.1, 0.15) is 4.32 Å². The zero-order valence-corrected chi connectivity index (χ0v) is 14.6. The summed E-state index contributed by atoms with van der Waals surface area (Å²) in [6, 6.07) is 7.40. The van der Waals surface area contributed by atoms with Gasteiger partial charge in [0.25, 0.3) is 16.0 Å². The molecule has 9 heteroatoms. The molecule has 0 saturated carbocycles. The van der Waals surface area contributed by atoms with E-state index >= 15 is 0 Å². The van der Waals surface area contributed by atoms with Crippen molar-refractivity contribution in [2.24, 2.45) is 0 Å². The minimum Gasteiger partial charge on any atom is -0.292 e. The van der Waals surface area contributed by atoms with Crippen molar-refractivity contribution < 1.29 is 17.8 Å². The third-order valence-electron chi connectivity index (χ3n) is 2.64. The third-order valence-corrected chi connectivity index (χ3v) is 5.44. The molecule has 1 amide bonds. The first-order valence-electron chi connectivity index (χ1n) is 5.73. The van der Waals surface area contributed by atoms with E-state index in [0.29, 0.717) is 4.91 Å². The summed E-state index contributed by atoms with van der Waals surface area (Å²) in [4.78, 5) is 13.8. The molecule has 5 nitrogen and oxygen atoms in total. The van der Waals surface area contributed by atoms with Crippen molar-refractivity contribution in [3.05, 3.63) is 39.2 Å². The minimum absolute atomic E-state index is 0.156. The quantitative estimate of drug-likeness (QED) is 0.469. The number of benzene rings is 1. The molecule has 1 aliphatic rings. The van der Waals surface area contributed by atoms with E-state index in [-0.39, 0.29) is 16.8 Å². The first-order chi connectivity index (χ1) is 9.78. The number of nitrogens with zero attached hydrogens (tertiary/aromatic N) is 1. The number of carbonyl (C=O) groups excluding carboxylic acids is 1. The maximum Gasteiger partial charge on any atom is 0.266 e. The normalized spacial score (nSPS) is 17.8. The Kier molecular flexibility index (Phi) is 5.20. The molecule has 1 N–H and O–H groups in total. The molecular weight excluding hydrogens is 398 g/mol. The van der Waals surface area contributed by atoms with Crippen molar-refractivity contribution >= 4 is 66.3 Å². The molecule has 0 aromatic heterocycles. The summed E-state index contributed by atoms with van der Waals surface area (Å²) < 4.78 is 31.4. The summed E-state index contributed by atoms with van der Waals surface area (Å²) in [6.07, 6.45) is 1.69. The molecule has 1 aliphatic heterocycles. The van der Waals surface area contributed by atoms with Crippen LogP contribution in [-0.4, -0.2) is 40.4 Å². The van der Waals surface area contributed by atoms with Crippen LogP contribution in [0.1, 0.15) is 5.56 Å². The maximum absolute atomic E-state index is 12.2. The monoisotopic (exact) mass is 407 g/mol. The van der Waals surface area contributed by atoms with Gasteiger partial charge < -0.3 is 0 Å². The predicted molar refractivity (Wildman–Crippen MR) is 90.4 cm³/mol. The molecular formula is C12H10BrNO4S3. The Bertz CT molecular complexity index is 730. The van der Waals surface area contributed by atoms with E-state index in [2.05, 4.69) is 15.9 Å². The van der Waals surface area contributed by atoms with Gasteiger partial charge in [-0.1, -0.05) is 58.1 Å². The molecule has 1 aromatic carbocycles. The summed E-state index contributed by atoms with van der Waals surface area (Å²) in [5.74, 6) is -0.897. The van der Waals surface area contributed by atoms with Crippen LogP contribution in [0.5, 0.6) is 0 Å². The smallest absolute Gasteiger partial charge is 0.266 e. The first kappa shape index (κ1) is 16.6. The first-order valence-corrected chi connectivity index (χ1v) is 9.36. The average molecular weight is 408 g/mol. The highest BCUT2D eigenvalue weighted by Gasteiger charge is 2.32. The number of hydrogen-bond acceptors (Lipinski definition) is 5. The molecule has 0 radical (unpaired) electrons. The second-order valence-corrected chi connectivity index (χ2v) is 8.24. The zero-order valence-electron chi connectivity index (χ0n) is 10.5. The lowest BCUT2D eigenvalue weighted by Gasteiger charge is -2.12. The van der Waals surface area contributed by atoms with Crippen LogP contribution in [0, 0.1) is 0 Å². The van der Waals surface area contributed by atoms with Crippen LogP contribution in [-0.2, 0) is 14.9 Å². The number of amides is 1. The molecule has 21 heavy (non-hydrogen) atoms. The molecule has 0 unspecified atom stereocenters. The van der Waals surface area contributed by atoms with Crippen molar-refractivity contribution in [2.75, 3.05) is 12.3 Å².